The second-order valence-electron chi connectivity index (χ2n) is 7.73. The Labute approximate surface area is 173 Å². The number of aromatic carboxylic acids is 1. The average Bonchev–Trinajstić information content (AvgIpc) is 3.52. The Morgan fingerprint density at radius 3 is 2.50 bits per heavy atom. The van der Waals surface area contributed by atoms with E-state index in [1.807, 2.05) is 13.0 Å². The number of nitrogens with zero attached hydrogens (tertiary/aromatic N) is 2. The van der Waals surface area contributed by atoms with Gasteiger partial charge in [-0.1, -0.05) is 37.3 Å². The summed E-state index contributed by atoms with van der Waals surface area (Å²) in [6.45, 7) is 2.17. The third-order valence-corrected chi connectivity index (χ3v) is 5.63. The molecular formula is C23H24N2O5. The fourth-order valence-electron chi connectivity index (χ4n) is 3.74. The van der Waals surface area contributed by atoms with Crippen LogP contribution in [0.15, 0.2) is 41.2 Å². The van der Waals surface area contributed by atoms with Gasteiger partial charge in [-0.15, -0.1) is 0 Å². The summed E-state index contributed by atoms with van der Waals surface area (Å²) in [7, 11) is 1.62. The molecule has 0 atom stereocenters. The van der Waals surface area contributed by atoms with Gasteiger partial charge in [-0.2, -0.15) is 0 Å². The zero-order valence-corrected chi connectivity index (χ0v) is 17.1. The summed E-state index contributed by atoms with van der Waals surface area (Å²) in [6.07, 6.45) is 2.62. The van der Waals surface area contributed by atoms with Crippen molar-refractivity contribution in [1.29, 1.82) is 0 Å². The molecule has 1 aliphatic rings. The lowest BCUT2D eigenvalue weighted by molar-refractivity contribution is 0.0681. The minimum absolute atomic E-state index is 0.0445. The number of rotatable bonds is 8. The molecule has 1 N–H and O–H groups in total. The molecule has 0 spiro atoms. The monoisotopic (exact) mass is 408 g/mol. The second kappa shape index (κ2) is 7.82. The van der Waals surface area contributed by atoms with Crippen LogP contribution < -0.4 is 10.3 Å². The number of carboxylic acid groups (broad SMARTS) is 1. The third kappa shape index (κ3) is 3.51. The first-order chi connectivity index (χ1) is 14.4. The highest BCUT2D eigenvalue weighted by Crippen LogP contribution is 2.35. The van der Waals surface area contributed by atoms with E-state index in [2.05, 4.69) is 0 Å². The van der Waals surface area contributed by atoms with Crippen LogP contribution in [0.2, 0.25) is 0 Å². The summed E-state index contributed by atoms with van der Waals surface area (Å²) < 4.78 is 8.78. The minimum atomic E-state index is -1.15. The highest BCUT2D eigenvalue weighted by molar-refractivity contribution is 6.01. The molecule has 3 aromatic rings. The normalized spacial score (nSPS) is 13.5. The maximum absolute atomic E-state index is 13.5. The van der Waals surface area contributed by atoms with Gasteiger partial charge in [-0.3, -0.25) is 9.59 Å². The lowest BCUT2D eigenvalue weighted by atomic mass is 10.1. The van der Waals surface area contributed by atoms with Gasteiger partial charge in [0.25, 0.3) is 5.56 Å². The predicted octanol–water partition coefficient (Wildman–Crippen LogP) is 3.27. The molecule has 156 valence electrons. The Hall–Kier alpha value is -3.35. The van der Waals surface area contributed by atoms with Crippen molar-refractivity contribution in [2.24, 2.45) is 13.0 Å². The van der Waals surface area contributed by atoms with Crippen molar-refractivity contribution in [3.05, 3.63) is 63.7 Å². The van der Waals surface area contributed by atoms with Crippen LogP contribution in [0.1, 0.15) is 46.3 Å². The lowest BCUT2D eigenvalue weighted by Gasteiger charge is -2.13. The highest BCUT2D eigenvalue weighted by atomic mass is 16.5. The van der Waals surface area contributed by atoms with Gasteiger partial charge in [0.1, 0.15) is 5.39 Å². The highest BCUT2D eigenvalue weighted by Gasteiger charge is 2.29. The minimum Gasteiger partial charge on any atom is -0.490 e. The summed E-state index contributed by atoms with van der Waals surface area (Å²) in [5.74, 6) is -0.829. The molecule has 0 radical (unpaired) electrons. The Morgan fingerprint density at radius 1 is 1.20 bits per heavy atom. The molecule has 1 saturated carbocycles. The van der Waals surface area contributed by atoms with Gasteiger partial charge in [0.2, 0.25) is 0 Å². The van der Waals surface area contributed by atoms with Crippen LogP contribution in [0.5, 0.6) is 5.75 Å². The topological polar surface area (TPSA) is 90.5 Å². The number of aromatic nitrogens is 2. The number of carboxylic acids is 1. The number of Topliss-reactive ketones (excluding diaryl/α,β-unsaturated/α-hetero) is 1. The molecule has 1 aliphatic carbocycles. The average molecular weight is 408 g/mol. The molecule has 0 bridgehead atoms. The van der Waals surface area contributed by atoms with E-state index < -0.39 is 11.5 Å². The standard InChI is InChI=1S/C23H24N2O5/c1-3-16-11-17-19(21(30-13-14-9-10-14)20(23(28)29)24(17)2)22(27)25(16)12-18(26)15-7-5-4-6-8-15/h4-8,11,14H,3,9-10,12-13H2,1-2H3,(H,28,29). The van der Waals surface area contributed by atoms with Crippen LogP contribution >= 0.6 is 0 Å². The van der Waals surface area contributed by atoms with Crippen molar-refractivity contribution in [3.63, 3.8) is 0 Å². The van der Waals surface area contributed by atoms with Gasteiger partial charge < -0.3 is 19.0 Å². The molecule has 0 aliphatic heterocycles. The number of benzene rings is 1. The molecule has 1 aromatic carbocycles. The van der Waals surface area contributed by atoms with E-state index in [1.54, 1.807) is 37.4 Å². The van der Waals surface area contributed by atoms with E-state index in [9.17, 15) is 19.5 Å². The summed E-state index contributed by atoms with van der Waals surface area (Å²) in [6, 6.07) is 10.6. The first-order valence-corrected chi connectivity index (χ1v) is 10.1. The molecule has 0 saturated heterocycles. The molecule has 30 heavy (non-hydrogen) atoms. The fourth-order valence-corrected chi connectivity index (χ4v) is 3.74. The number of carbonyl (C=O) groups excluding carboxylic acids is 1. The van der Waals surface area contributed by atoms with E-state index in [4.69, 9.17) is 4.74 Å². The Kier molecular flexibility index (Phi) is 5.20. The van der Waals surface area contributed by atoms with Crippen LogP contribution in [0, 0.1) is 5.92 Å². The van der Waals surface area contributed by atoms with Crippen molar-refractivity contribution in [1.82, 2.24) is 9.13 Å². The van der Waals surface area contributed by atoms with Crippen LogP contribution in [-0.2, 0) is 20.0 Å². The number of hydrogen-bond acceptors (Lipinski definition) is 4. The smallest absolute Gasteiger partial charge is 0.356 e. The zero-order chi connectivity index (χ0) is 21.4. The van der Waals surface area contributed by atoms with E-state index in [1.165, 1.54) is 9.13 Å². The summed E-state index contributed by atoms with van der Waals surface area (Å²) in [5, 5.41) is 9.96. The maximum atomic E-state index is 13.5. The zero-order valence-electron chi connectivity index (χ0n) is 17.1. The molecule has 2 heterocycles. The quantitative estimate of drug-likeness (QED) is 0.578. The van der Waals surface area contributed by atoms with Gasteiger partial charge in [-0.05, 0) is 31.2 Å². The first kappa shape index (κ1) is 19.9. The Bertz CT molecular complexity index is 1190. The van der Waals surface area contributed by atoms with E-state index >= 15 is 0 Å². The number of hydrogen-bond donors (Lipinski definition) is 1. The Balaban J connectivity index is 1.87. The summed E-state index contributed by atoms with van der Waals surface area (Å²) >= 11 is 0. The Morgan fingerprint density at radius 2 is 1.90 bits per heavy atom. The van der Waals surface area contributed by atoms with Gasteiger partial charge >= 0.3 is 5.97 Å². The van der Waals surface area contributed by atoms with Crippen molar-refractivity contribution in [3.8, 4) is 5.75 Å². The number of fused-ring (bicyclic) bond motifs is 1. The lowest BCUT2D eigenvalue weighted by Crippen LogP contribution is -2.27. The van der Waals surface area contributed by atoms with Crippen LogP contribution in [0.4, 0.5) is 0 Å². The van der Waals surface area contributed by atoms with Gasteiger partial charge in [-0.25, -0.2) is 4.79 Å². The van der Waals surface area contributed by atoms with Gasteiger partial charge in [0.15, 0.2) is 17.2 Å². The fraction of sp³-hybridized carbons (Fsp3) is 0.348. The van der Waals surface area contributed by atoms with Crippen molar-refractivity contribution in [2.45, 2.75) is 32.7 Å². The second-order valence-corrected chi connectivity index (χ2v) is 7.73. The predicted molar refractivity (Wildman–Crippen MR) is 113 cm³/mol. The largest absolute Gasteiger partial charge is 0.490 e. The van der Waals surface area contributed by atoms with E-state index in [0.29, 0.717) is 35.7 Å². The number of ketones is 1. The molecule has 0 amide bonds. The third-order valence-electron chi connectivity index (χ3n) is 5.63. The van der Waals surface area contributed by atoms with Crippen LogP contribution in [0.3, 0.4) is 0 Å². The van der Waals surface area contributed by atoms with Crippen molar-refractivity contribution in [2.75, 3.05) is 6.61 Å². The molecule has 0 unspecified atom stereocenters. The molecule has 7 nitrogen and oxygen atoms in total. The SMILES string of the molecule is CCc1cc2c(c(OCC3CC3)c(C(=O)O)n2C)c(=O)n1CC(=O)c1ccccc1. The van der Waals surface area contributed by atoms with E-state index in [-0.39, 0.29) is 29.2 Å². The molecular weight excluding hydrogens is 384 g/mol. The van der Waals surface area contributed by atoms with Crippen LogP contribution in [-0.4, -0.2) is 32.6 Å². The number of ether oxygens (including phenoxy) is 1. The molecule has 1 fully saturated rings. The molecule has 4 rings (SSSR count). The van der Waals surface area contributed by atoms with Crippen molar-refractivity contribution < 1.29 is 19.4 Å². The van der Waals surface area contributed by atoms with Gasteiger partial charge in [0, 0.05) is 18.3 Å². The first-order valence-electron chi connectivity index (χ1n) is 10.1. The molecule has 7 heteroatoms. The summed E-state index contributed by atoms with van der Waals surface area (Å²) in [5.41, 5.74) is 1.25. The van der Waals surface area contributed by atoms with Crippen LogP contribution in [0.25, 0.3) is 10.9 Å². The number of aryl methyl sites for hydroxylation is 2. The number of carbonyl (C=O) groups is 2. The number of pyridine rings is 1. The van der Waals surface area contributed by atoms with E-state index in [0.717, 1.165) is 12.8 Å². The molecule has 2 aromatic heterocycles. The van der Waals surface area contributed by atoms with Gasteiger partial charge in [0.05, 0.1) is 18.7 Å². The maximum Gasteiger partial charge on any atom is 0.356 e. The van der Waals surface area contributed by atoms with Crippen molar-refractivity contribution >= 4 is 22.7 Å². The summed E-state index contributed by atoms with van der Waals surface area (Å²) in [4.78, 5) is 38.2.